The minimum atomic E-state index is -0.694. The Balaban J connectivity index is -0.0000000150. The molecule has 0 aliphatic heterocycles. The Kier molecular flexibility index (Phi) is 8.81. The van der Waals surface area contributed by atoms with E-state index in [1.165, 1.54) is 0 Å². The number of hydrogen-bond acceptors (Lipinski definition) is 1. The van der Waals surface area contributed by atoms with E-state index >= 15 is 0 Å². The van der Waals surface area contributed by atoms with Gasteiger partial charge in [-0.3, -0.25) is 4.79 Å². The summed E-state index contributed by atoms with van der Waals surface area (Å²) in [5.74, 6) is 0. The first-order valence-corrected chi connectivity index (χ1v) is 1.93. The van der Waals surface area contributed by atoms with Crippen LogP contribution in [0.25, 0.3) is 0 Å². The molecule has 5 heavy (non-hydrogen) atoms. The fourth-order valence-corrected chi connectivity index (χ4v) is 0. The smallest absolute Gasteiger partial charge is 1.00 e. The van der Waals surface area contributed by atoms with E-state index in [1.54, 1.807) is 0 Å². The molecule has 0 unspecified atom stereocenters. The van der Waals surface area contributed by atoms with E-state index in [0.717, 1.165) is 0 Å². The molecule has 26 valence electrons. The monoisotopic (exact) mass is 100.0 g/mol. The first-order valence-electron chi connectivity index (χ1n) is 0.928. The average Bonchev–Trinajstić information content (AvgIpc) is 0.811. The molecule has 1 N–H and O–H groups in total. The van der Waals surface area contributed by atoms with Crippen LogP contribution in [0.4, 0.5) is 4.79 Å². The number of carboxylic acid groups (broad SMARTS) is 1. The summed E-state index contributed by atoms with van der Waals surface area (Å²) < 4.78 is 0. The Hall–Kier alpha value is 0.769. The summed E-state index contributed by atoms with van der Waals surface area (Å²) in [7, 11) is 0. The molecule has 0 bridgehead atoms. The molecular weight excluding hydrogens is 95.3 g/mol. The van der Waals surface area contributed by atoms with Gasteiger partial charge >= 0.3 is 39.3 Å². The van der Waals surface area contributed by atoms with Crippen molar-refractivity contribution in [1.82, 2.24) is 0 Å². The van der Waals surface area contributed by atoms with Crippen LogP contribution in [-0.2, 0) is 0 Å². The fourth-order valence-electron chi connectivity index (χ4n) is 0. The summed E-state index contributed by atoms with van der Waals surface area (Å²) in [6.45, 7) is 0. The van der Waals surface area contributed by atoms with E-state index < -0.39 is 4.83 Å². The molecule has 0 atom stereocenters. The number of rotatable bonds is 0. The van der Waals surface area contributed by atoms with Crippen molar-refractivity contribution in [2.75, 3.05) is 0 Å². The van der Waals surface area contributed by atoms with Gasteiger partial charge in [0.2, 0.25) is 0 Å². The third-order valence-electron chi connectivity index (χ3n) is 0. The van der Waals surface area contributed by atoms with E-state index in [4.69, 9.17) is 9.90 Å². The Morgan fingerprint density at radius 3 is 2.00 bits per heavy atom. The molecule has 4 heteroatoms. The van der Waals surface area contributed by atoms with Gasteiger partial charge in [-0.05, 0) is 0 Å². The van der Waals surface area contributed by atoms with Crippen molar-refractivity contribution in [3.63, 3.8) is 0 Å². The van der Waals surface area contributed by atoms with Crippen LogP contribution in [0.3, 0.4) is 0 Å². The molecule has 0 aromatic carbocycles. The van der Waals surface area contributed by atoms with Gasteiger partial charge in [0.15, 0.2) is 4.83 Å². The number of carbonyl (C=O) groups is 1. The molecule has 0 aliphatic rings. The molecule has 0 fully saturated rings. The topological polar surface area (TPSA) is 37.3 Å². The van der Waals surface area contributed by atoms with Crippen LogP contribution in [0.5, 0.6) is 0 Å². The number of hydrogen-bond donors (Lipinski definition) is 1. The normalized spacial score (nSPS) is 4.80. The largest absolute Gasteiger partial charge is 2.00 e. The zero-order chi connectivity index (χ0) is 3.58. The molecule has 0 heterocycles. The molecule has 0 aromatic heterocycles. The summed E-state index contributed by atoms with van der Waals surface area (Å²) in [6.07, 6.45) is 0. The third kappa shape index (κ3) is 61.9. The van der Waals surface area contributed by atoms with Crippen LogP contribution >= 0.6 is 0 Å². The van der Waals surface area contributed by atoms with E-state index in [-0.39, 0.29) is 42.2 Å². The van der Waals surface area contributed by atoms with Crippen molar-refractivity contribution in [1.29, 1.82) is 0 Å². The summed E-state index contributed by atoms with van der Waals surface area (Å²) in [5.41, 5.74) is 0. The van der Waals surface area contributed by atoms with Crippen molar-refractivity contribution in [3.8, 4) is 0 Å². The quantitative estimate of drug-likeness (QED) is 0.402. The molecule has 0 rings (SSSR count). The molecule has 0 aromatic rings. The van der Waals surface area contributed by atoms with Gasteiger partial charge in [-0.2, -0.15) is 0 Å². The molecule has 0 amide bonds. The van der Waals surface area contributed by atoms with Crippen molar-refractivity contribution < 1.29 is 12.8 Å². The van der Waals surface area contributed by atoms with E-state index in [1.807, 2.05) is 0 Å². The summed E-state index contributed by atoms with van der Waals surface area (Å²) in [5, 5.41) is 7.48. The first kappa shape index (κ1) is 9.24. The van der Waals surface area contributed by atoms with Gasteiger partial charge in [0, 0.05) is 0 Å². The maximum absolute atomic E-state index is 9.06. The Morgan fingerprint density at radius 2 is 2.00 bits per heavy atom. The van der Waals surface area contributed by atoms with E-state index in [2.05, 4.69) is 0 Å². The van der Waals surface area contributed by atoms with Gasteiger partial charge in [-0.25, -0.2) is 0 Å². The second-order valence-electron chi connectivity index (χ2n) is 0.519. The zero-order valence-electron chi connectivity index (χ0n) is 5.06. The van der Waals surface area contributed by atoms with Gasteiger partial charge in [0.25, 0.3) is 0 Å². The molecule has 0 saturated heterocycles. The van der Waals surface area contributed by atoms with E-state index in [9.17, 15) is 0 Å². The maximum Gasteiger partial charge on any atom is 2.00 e. The second-order valence-corrected chi connectivity index (χ2v) is 1.37. The van der Waals surface area contributed by atoms with Gasteiger partial charge in [-0.1, -0.05) is 0 Å². The van der Waals surface area contributed by atoms with Gasteiger partial charge < -0.3 is 7.96 Å². The van der Waals surface area contributed by atoms with Crippen LogP contribution in [0.15, 0.2) is 0 Å². The van der Waals surface area contributed by atoms with Crippen LogP contribution < -0.4 is 0 Å². The SMILES string of the molecule is O=[C](O)[AlH2].[H-].[H-].[Mg+2]. The van der Waals surface area contributed by atoms with E-state index in [0.29, 0.717) is 0 Å². The Morgan fingerprint density at radius 1 is 2.00 bits per heavy atom. The molecule has 0 spiro atoms. The Labute approximate surface area is 57.1 Å². The van der Waals surface area contributed by atoms with Gasteiger partial charge in [-0.15, -0.1) is 0 Å². The van der Waals surface area contributed by atoms with Gasteiger partial charge in [0.1, 0.15) is 0 Å². The average molecular weight is 100 g/mol. The molecule has 0 radical (unpaired) electrons. The molecule has 0 saturated carbocycles. The van der Waals surface area contributed by atoms with Crippen LogP contribution in [0.1, 0.15) is 2.85 Å². The van der Waals surface area contributed by atoms with Crippen molar-refractivity contribution in [2.45, 2.75) is 0 Å². The second kappa shape index (κ2) is 4.77. The minimum absolute atomic E-state index is 0. The first-order chi connectivity index (χ1) is 1.73. The van der Waals surface area contributed by atoms with Crippen molar-refractivity contribution >= 4 is 44.2 Å². The summed E-state index contributed by atoms with van der Waals surface area (Å²) in [6, 6.07) is 0. The van der Waals surface area contributed by atoms with Crippen LogP contribution in [0, 0.1) is 0 Å². The molecular formula is CH5AlMgO2. The van der Waals surface area contributed by atoms with Gasteiger partial charge in [0.05, 0.1) is 0 Å². The van der Waals surface area contributed by atoms with Crippen molar-refractivity contribution in [3.05, 3.63) is 0 Å². The van der Waals surface area contributed by atoms with Crippen LogP contribution in [-0.4, -0.2) is 49.3 Å². The summed E-state index contributed by atoms with van der Waals surface area (Å²) in [4.78, 5) is 8.37. The fraction of sp³-hybridized carbons (Fsp3) is 0. The predicted molar refractivity (Wildman–Crippen MR) is 24.5 cm³/mol. The predicted octanol–water partition coefficient (Wildman–Crippen LogP) is -0.858. The van der Waals surface area contributed by atoms with Crippen LogP contribution in [0.2, 0.25) is 0 Å². The minimum Gasteiger partial charge on any atom is -1.00 e. The third-order valence-corrected chi connectivity index (χ3v) is 0. The van der Waals surface area contributed by atoms with Crippen molar-refractivity contribution in [2.24, 2.45) is 0 Å². The summed E-state index contributed by atoms with van der Waals surface area (Å²) >= 11 is 0.265. The zero-order valence-corrected chi connectivity index (χ0v) is 6.48. The Bertz CT molecular complexity index is 38.7. The standard InChI is InChI=1S/CHO2.Al.Mg.4H/c2-1-3;;;;;;/h(H,2,3);;;;;;/q;;+2;;;2*-1. The molecule has 0 aliphatic carbocycles. The maximum atomic E-state index is 9.06. The molecule has 2 nitrogen and oxygen atoms in total.